The summed E-state index contributed by atoms with van der Waals surface area (Å²) in [6.45, 7) is 5.29. The third-order valence-corrected chi connectivity index (χ3v) is 4.32. The molecule has 0 saturated heterocycles. The summed E-state index contributed by atoms with van der Waals surface area (Å²) in [5.74, 6) is 0.529. The summed E-state index contributed by atoms with van der Waals surface area (Å²) in [6.07, 6.45) is 2.32. The number of nitrogens with zero attached hydrogens (tertiary/aromatic N) is 3. The second kappa shape index (κ2) is 8.94. The van der Waals surface area contributed by atoms with Crippen molar-refractivity contribution < 1.29 is 4.79 Å². The van der Waals surface area contributed by atoms with Gasteiger partial charge >= 0.3 is 0 Å². The van der Waals surface area contributed by atoms with Gasteiger partial charge in [0.15, 0.2) is 0 Å². The van der Waals surface area contributed by atoms with Crippen molar-refractivity contribution >= 4 is 17.4 Å². The van der Waals surface area contributed by atoms with E-state index in [2.05, 4.69) is 27.4 Å². The second-order valence-electron chi connectivity index (χ2n) is 6.34. The second-order valence-corrected chi connectivity index (χ2v) is 6.34. The Bertz CT molecular complexity index is 896. The Morgan fingerprint density at radius 1 is 1.04 bits per heavy atom. The third kappa shape index (κ3) is 4.91. The maximum atomic E-state index is 12.9. The molecule has 0 fully saturated rings. The molecule has 138 valence electrons. The van der Waals surface area contributed by atoms with E-state index >= 15 is 0 Å². The van der Waals surface area contributed by atoms with Gasteiger partial charge in [-0.05, 0) is 43.5 Å². The molecule has 0 atom stereocenters. The van der Waals surface area contributed by atoms with Crippen LogP contribution in [0.1, 0.15) is 28.5 Å². The quantitative estimate of drug-likeness (QED) is 0.689. The van der Waals surface area contributed by atoms with Crippen molar-refractivity contribution in [2.24, 2.45) is 0 Å². The van der Waals surface area contributed by atoms with Crippen LogP contribution in [0.5, 0.6) is 0 Å². The van der Waals surface area contributed by atoms with Crippen LogP contribution in [0.4, 0.5) is 11.5 Å². The molecule has 0 aliphatic heterocycles. The number of hydrogen-bond donors (Lipinski definition) is 1. The smallest absolute Gasteiger partial charge is 0.277 e. The molecule has 0 saturated carbocycles. The molecule has 27 heavy (non-hydrogen) atoms. The highest BCUT2D eigenvalue weighted by Crippen LogP contribution is 2.18. The molecule has 0 radical (unpaired) electrons. The van der Waals surface area contributed by atoms with Crippen LogP contribution >= 0.6 is 0 Å². The molecule has 1 aromatic heterocycles. The molecule has 5 nitrogen and oxygen atoms in total. The minimum Gasteiger partial charge on any atom is -0.370 e. The molecule has 3 rings (SSSR count). The zero-order valence-electron chi connectivity index (χ0n) is 15.7. The third-order valence-electron chi connectivity index (χ3n) is 4.32. The maximum Gasteiger partial charge on any atom is 0.277 e. The molecule has 1 N–H and O–H groups in total. The van der Waals surface area contributed by atoms with E-state index in [4.69, 9.17) is 0 Å². The molecule has 1 amide bonds. The Kier molecular flexibility index (Phi) is 6.15. The summed E-state index contributed by atoms with van der Waals surface area (Å²) in [6, 6.07) is 19.9. The predicted octanol–water partition coefficient (Wildman–Crippen LogP) is 4.11. The highest BCUT2D eigenvalue weighted by molar-refractivity contribution is 6.05. The maximum absolute atomic E-state index is 12.9. The molecular formula is C22H24N4O. The number of benzene rings is 2. The molecule has 0 bridgehead atoms. The van der Waals surface area contributed by atoms with Gasteiger partial charge in [0.1, 0.15) is 17.8 Å². The van der Waals surface area contributed by atoms with Gasteiger partial charge in [-0.1, -0.05) is 42.5 Å². The fourth-order valence-corrected chi connectivity index (χ4v) is 2.93. The summed E-state index contributed by atoms with van der Waals surface area (Å²) in [7, 11) is 0. The topological polar surface area (TPSA) is 58.1 Å². The van der Waals surface area contributed by atoms with Crippen LogP contribution in [0.2, 0.25) is 0 Å². The number of hydrogen-bond acceptors (Lipinski definition) is 4. The molecular weight excluding hydrogens is 336 g/mol. The molecule has 1 heterocycles. The highest BCUT2D eigenvalue weighted by Gasteiger charge is 2.18. The van der Waals surface area contributed by atoms with Crippen LogP contribution in [0.15, 0.2) is 67.0 Å². The van der Waals surface area contributed by atoms with Crippen LogP contribution in [0.25, 0.3) is 0 Å². The van der Waals surface area contributed by atoms with Gasteiger partial charge in [-0.15, -0.1) is 0 Å². The first-order valence-corrected chi connectivity index (χ1v) is 9.15. The average Bonchev–Trinajstić information content (AvgIpc) is 2.70. The van der Waals surface area contributed by atoms with E-state index in [1.165, 1.54) is 11.9 Å². The van der Waals surface area contributed by atoms with Gasteiger partial charge in [0, 0.05) is 24.8 Å². The first kappa shape index (κ1) is 18.6. The van der Waals surface area contributed by atoms with E-state index in [0.717, 1.165) is 24.2 Å². The Morgan fingerprint density at radius 3 is 2.59 bits per heavy atom. The van der Waals surface area contributed by atoms with Crippen molar-refractivity contribution in [3.05, 3.63) is 83.8 Å². The van der Waals surface area contributed by atoms with Gasteiger partial charge in [-0.2, -0.15) is 0 Å². The first-order chi connectivity index (χ1) is 13.2. The largest absolute Gasteiger partial charge is 0.370 e. The fraction of sp³-hybridized carbons (Fsp3) is 0.227. The molecule has 0 aliphatic rings. The standard InChI is InChI=1S/C22H24N4O/c1-3-26(19-11-7-8-17(2)14-19)22(27)20-15-21(25-16-24-20)23-13-12-18-9-5-4-6-10-18/h4-11,14-16H,3,12-13H2,1-2H3,(H,23,24,25). The Balaban J connectivity index is 1.69. The molecule has 2 aromatic carbocycles. The van der Waals surface area contributed by atoms with E-state index in [9.17, 15) is 4.79 Å². The Labute approximate surface area is 160 Å². The van der Waals surface area contributed by atoms with Crippen molar-refractivity contribution in [2.45, 2.75) is 20.3 Å². The number of amides is 1. The van der Waals surface area contributed by atoms with Crippen LogP contribution in [-0.4, -0.2) is 29.0 Å². The molecule has 0 aliphatic carbocycles. The van der Waals surface area contributed by atoms with Crippen molar-refractivity contribution in [1.82, 2.24) is 9.97 Å². The van der Waals surface area contributed by atoms with Gasteiger partial charge in [-0.3, -0.25) is 4.79 Å². The minimum atomic E-state index is -0.128. The van der Waals surface area contributed by atoms with Crippen LogP contribution < -0.4 is 10.2 Å². The summed E-state index contributed by atoms with van der Waals surface area (Å²) in [5.41, 5.74) is 3.63. The van der Waals surface area contributed by atoms with Crippen LogP contribution in [0, 0.1) is 6.92 Å². The van der Waals surface area contributed by atoms with Gasteiger partial charge in [0.25, 0.3) is 5.91 Å². The van der Waals surface area contributed by atoms with Crippen molar-refractivity contribution in [1.29, 1.82) is 0 Å². The van der Waals surface area contributed by atoms with Crippen LogP contribution in [-0.2, 0) is 6.42 Å². The number of nitrogens with one attached hydrogen (secondary N) is 1. The molecule has 0 unspecified atom stereocenters. The molecule has 3 aromatic rings. The van der Waals surface area contributed by atoms with Crippen LogP contribution in [0.3, 0.4) is 0 Å². The fourth-order valence-electron chi connectivity index (χ4n) is 2.93. The predicted molar refractivity (Wildman–Crippen MR) is 109 cm³/mol. The number of carbonyl (C=O) groups excluding carboxylic acids is 1. The lowest BCUT2D eigenvalue weighted by molar-refractivity contribution is 0.0983. The van der Waals surface area contributed by atoms with E-state index < -0.39 is 0 Å². The van der Waals surface area contributed by atoms with Crippen molar-refractivity contribution in [3.8, 4) is 0 Å². The summed E-state index contributed by atoms with van der Waals surface area (Å²) in [4.78, 5) is 23.1. The molecule has 5 heteroatoms. The minimum absolute atomic E-state index is 0.128. The normalized spacial score (nSPS) is 10.4. The summed E-state index contributed by atoms with van der Waals surface area (Å²) in [5, 5.41) is 3.27. The summed E-state index contributed by atoms with van der Waals surface area (Å²) < 4.78 is 0. The monoisotopic (exact) mass is 360 g/mol. The van der Waals surface area contributed by atoms with E-state index in [1.807, 2.05) is 56.3 Å². The zero-order chi connectivity index (χ0) is 19.1. The summed E-state index contributed by atoms with van der Waals surface area (Å²) >= 11 is 0. The van der Waals surface area contributed by atoms with Crippen molar-refractivity contribution in [2.75, 3.05) is 23.3 Å². The Morgan fingerprint density at radius 2 is 1.85 bits per heavy atom. The van der Waals surface area contributed by atoms with E-state index in [0.29, 0.717) is 18.1 Å². The zero-order valence-corrected chi connectivity index (χ0v) is 15.7. The van der Waals surface area contributed by atoms with E-state index in [1.54, 1.807) is 11.0 Å². The lowest BCUT2D eigenvalue weighted by Gasteiger charge is -2.21. The van der Waals surface area contributed by atoms with Gasteiger partial charge < -0.3 is 10.2 Å². The van der Waals surface area contributed by atoms with E-state index in [-0.39, 0.29) is 5.91 Å². The van der Waals surface area contributed by atoms with Gasteiger partial charge in [-0.25, -0.2) is 9.97 Å². The number of rotatable bonds is 7. The average molecular weight is 360 g/mol. The Hall–Kier alpha value is -3.21. The SMILES string of the molecule is CCN(C(=O)c1cc(NCCc2ccccc2)ncn1)c1cccc(C)c1. The number of carbonyl (C=O) groups is 1. The van der Waals surface area contributed by atoms with Gasteiger partial charge in [0.05, 0.1) is 0 Å². The first-order valence-electron chi connectivity index (χ1n) is 9.15. The highest BCUT2D eigenvalue weighted by atomic mass is 16.2. The number of anilines is 2. The number of aromatic nitrogens is 2. The lowest BCUT2D eigenvalue weighted by Crippen LogP contribution is -2.31. The lowest BCUT2D eigenvalue weighted by atomic mass is 10.1. The van der Waals surface area contributed by atoms with Gasteiger partial charge in [0.2, 0.25) is 0 Å². The number of aryl methyl sites for hydroxylation is 1. The van der Waals surface area contributed by atoms with Crippen molar-refractivity contribution in [3.63, 3.8) is 0 Å². The molecule has 0 spiro atoms.